The molecule has 0 saturated carbocycles. The van der Waals surface area contributed by atoms with Gasteiger partial charge in [0.25, 0.3) is 0 Å². The average molecular weight is 863 g/mol. The Balaban J connectivity index is 0.926. The van der Waals surface area contributed by atoms with Gasteiger partial charge in [-0.05, 0) is 153 Å². The predicted octanol–water partition coefficient (Wildman–Crippen LogP) is 17.9. The molecule has 1 atom stereocenters. The number of nitrogens with zero attached hydrogens (tertiary/aromatic N) is 2. The predicted molar refractivity (Wildman–Crippen MR) is 282 cm³/mol. The van der Waals surface area contributed by atoms with Crippen molar-refractivity contribution < 1.29 is 0 Å². The number of anilines is 3. The first-order valence-electron chi connectivity index (χ1n) is 23.2. The number of hydrogen-bond donors (Lipinski definition) is 0. The average Bonchev–Trinajstić information content (AvgIpc) is 4.02. The molecule has 1 unspecified atom stereocenters. The van der Waals surface area contributed by atoms with Crippen LogP contribution in [0.15, 0.2) is 206 Å². The fourth-order valence-electron chi connectivity index (χ4n) is 11.1. The van der Waals surface area contributed by atoms with Crippen LogP contribution in [0.25, 0.3) is 88.2 Å². The Morgan fingerprint density at radius 2 is 1.14 bits per heavy atom. The van der Waals surface area contributed by atoms with Gasteiger partial charge < -0.3 is 9.47 Å². The van der Waals surface area contributed by atoms with Gasteiger partial charge in [0, 0.05) is 54.4 Å². The minimum Gasteiger partial charge on any atom is -0.310 e. The number of hydrogen-bond acceptors (Lipinski definition) is 2. The van der Waals surface area contributed by atoms with Crippen LogP contribution in [-0.4, -0.2) is 4.57 Å². The normalized spacial score (nSPS) is 13.9. The maximum atomic E-state index is 2.45. The SMILES string of the molecule is Cc1c(-c2cccc3c2C(C)c2ccccc2-3)cccc1N(c1ccc(-c2ccc3sc4c(c3c2)C=CCC4)cc1)c1ccc(-c2ccc3c4ccccc4n(-c4ccccc4)c3c2)cc1. The van der Waals surface area contributed by atoms with E-state index < -0.39 is 0 Å². The van der Waals surface area contributed by atoms with E-state index in [0.717, 1.165) is 29.9 Å². The molecule has 11 aromatic rings. The van der Waals surface area contributed by atoms with Gasteiger partial charge in [0.05, 0.1) is 11.0 Å². The molecular weight excluding hydrogens is 817 g/mol. The van der Waals surface area contributed by atoms with E-state index in [-0.39, 0.29) is 0 Å². The summed E-state index contributed by atoms with van der Waals surface area (Å²) in [4.78, 5) is 3.96. The second-order valence-electron chi connectivity index (χ2n) is 18.0. The van der Waals surface area contributed by atoms with Crippen LogP contribution in [0.3, 0.4) is 0 Å². The Bertz CT molecular complexity index is 3720. The van der Waals surface area contributed by atoms with Crippen LogP contribution in [0.4, 0.5) is 17.1 Å². The summed E-state index contributed by atoms with van der Waals surface area (Å²) in [5.74, 6) is 0.314. The van der Waals surface area contributed by atoms with Crippen molar-refractivity contribution in [3.63, 3.8) is 0 Å². The Hall–Kier alpha value is -7.72. The molecule has 0 amide bonds. The molecule has 2 aliphatic rings. The highest BCUT2D eigenvalue weighted by molar-refractivity contribution is 7.19. The van der Waals surface area contributed by atoms with E-state index in [4.69, 9.17) is 0 Å². The molecule has 13 rings (SSSR count). The zero-order chi connectivity index (χ0) is 43.9. The van der Waals surface area contributed by atoms with Gasteiger partial charge in [0.15, 0.2) is 0 Å². The first-order valence-corrected chi connectivity index (χ1v) is 24.0. The van der Waals surface area contributed by atoms with Gasteiger partial charge in [-0.1, -0.05) is 153 Å². The van der Waals surface area contributed by atoms with Crippen LogP contribution < -0.4 is 4.90 Å². The van der Waals surface area contributed by atoms with Crippen LogP contribution in [0, 0.1) is 6.92 Å². The molecule has 66 heavy (non-hydrogen) atoms. The third-order valence-electron chi connectivity index (χ3n) is 14.3. The number of aryl methyl sites for hydroxylation is 1. The summed E-state index contributed by atoms with van der Waals surface area (Å²) in [6, 6.07) is 74.4. The summed E-state index contributed by atoms with van der Waals surface area (Å²) in [5, 5.41) is 3.89. The van der Waals surface area contributed by atoms with Gasteiger partial charge in [0.1, 0.15) is 0 Å². The molecule has 0 N–H and O–H groups in total. The maximum absolute atomic E-state index is 2.45. The van der Waals surface area contributed by atoms with Crippen molar-refractivity contribution in [2.75, 3.05) is 4.90 Å². The summed E-state index contributed by atoms with van der Waals surface area (Å²) in [5.41, 5.74) is 22.6. The lowest BCUT2D eigenvalue weighted by molar-refractivity contribution is 0.958. The molecule has 0 bridgehead atoms. The fourth-order valence-corrected chi connectivity index (χ4v) is 12.3. The monoisotopic (exact) mass is 862 g/mol. The topological polar surface area (TPSA) is 8.17 Å². The van der Waals surface area contributed by atoms with E-state index in [0.29, 0.717) is 5.92 Å². The zero-order valence-electron chi connectivity index (χ0n) is 37.0. The lowest BCUT2D eigenvalue weighted by Gasteiger charge is -2.29. The molecule has 314 valence electrons. The van der Waals surface area contributed by atoms with E-state index in [1.165, 1.54) is 109 Å². The summed E-state index contributed by atoms with van der Waals surface area (Å²) in [6.07, 6.45) is 6.92. The number of allylic oxidation sites excluding steroid dienone is 1. The summed E-state index contributed by atoms with van der Waals surface area (Å²) < 4.78 is 3.77. The Morgan fingerprint density at radius 1 is 0.515 bits per heavy atom. The smallest absolute Gasteiger partial charge is 0.0547 e. The molecular formula is C63H46N2S. The van der Waals surface area contributed by atoms with Gasteiger partial charge >= 0.3 is 0 Å². The van der Waals surface area contributed by atoms with Crippen molar-refractivity contribution in [2.24, 2.45) is 0 Å². The van der Waals surface area contributed by atoms with Crippen molar-refractivity contribution in [2.45, 2.75) is 32.6 Å². The molecule has 2 heterocycles. The van der Waals surface area contributed by atoms with Gasteiger partial charge in [0.2, 0.25) is 0 Å². The van der Waals surface area contributed by atoms with Gasteiger partial charge in [-0.3, -0.25) is 0 Å². The largest absolute Gasteiger partial charge is 0.310 e. The van der Waals surface area contributed by atoms with E-state index in [1.54, 1.807) is 0 Å². The standard InChI is InChI=1S/C63H46N2S/c1-40-49(55-21-12-22-56-51-17-7-6-16-50(51)41(2)63(55)56)20-13-24-58(40)64(47-32-26-42(27-33-47)44-31-37-62-57(38-44)54-19-9-11-25-61(54)66-62)48-34-28-43(29-35-48)45-30-36-53-52-18-8-10-23-59(52)65(60(53)39-45)46-14-4-3-5-15-46/h3-10,12-24,26-39,41H,11,25H2,1-2H3. The Morgan fingerprint density at radius 3 is 1.94 bits per heavy atom. The van der Waals surface area contributed by atoms with Gasteiger partial charge in [-0.2, -0.15) is 0 Å². The highest BCUT2D eigenvalue weighted by atomic mass is 32.1. The minimum atomic E-state index is 0.314. The number of fused-ring (bicyclic) bond motifs is 9. The molecule has 0 aliphatic heterocycles. The van der Waals surface area contributed by atoms with E-state index in [1.807, 2.05) is 11.3 Å². The van der Waals surface area contributed by atoms with Gasteiger partial charge in [-0.15, -0.1) is 11.3 Å². The number of aromatic nitrogens is 1. The number of thiophene rings is 1. The molecule has 2 aromatic heterocycles. The lowest BCUT2D eigenvalue weighted by Crippen LogP contribution is -2.12. The van der Waals surface area contributed by atoms with E-state index >= 15 is 0 Å². The van der Waals surface area contributed by atoms with Crippen molar-refractivity contribution in [1.82, 2.24) is 4.57 Å². The molecule has 0 saturated heterocycles. The fraction of sp³-hybridized carbons (Fsp3) is 0.0794. The van der Waals surface area contributed by atoms with Crippen LogP contribution in [0.5, 0.6) is 0 Å². The molecule has 0 radical (unpaired) electrons. The van der Waals surface area contributed by atoms with Crippen LogP contribution in [0.2, 0.25) is 0 Å². The second-order valence-corrected chi connectivity index (χ2v) is 19.1. The highest BCUT2D eigenvalue weighted by Gasteiger charge is 2.29. The summed E-state index contributed by atoms with van der Waals surface area (Å²) >= 11 is 1.95. The zero-order valence-corrected chi connectivity index (χ0v) is 37.8. The molecule has 2 nitrogen and oxygen atoms in total. The number of para-hydroxylation sites is 2. The van der Waals surface area contributed by atoms with Crippen LogP contribution in [0.1, 0.15) is 46.4 Å². The van der Waals surface area contributed by atoms with Crippen molar-refractivity contribution in [3.05, 3.63) is 233 Å². The van der Waals surface area contributed by atoms with Crippen molar-refractivity contribution >= 4 is 66.4 Å². The third-order valence-corrected chi connectivity index (χ3v) is 15.6. The first-order chi connectivity index (χ1) is 32.6. The third kappa shape index (κ3) is 6.15. The summed E-state index contributed by atoms with van der Waals surface area (Å²) in [7, 11) is 0. The van der Waals surface area contributed by atoms with Crippen LogP contribution in [-0.2, 0) is 6.42 Å². The first kappa shape index (κ1) is 38.7. The van der Waals surface area contributed by atoms with Crippen molar-refractivity contribution in [3.8, 4) is 50.2 Å². The Kier molecular flexibility index (Phi) is 9.08. The molecule has 9 aromatic carbocycles. The van der Waals surface area contributed by atoms with Gasteiger partial charge in [-0.25, -0.2) is 0 Å². The maximum Gasteiger partial charge on any atom is 0.0547 e. The number of benzene rings is 9. The molecule has 0 fully saturated rings. The van der Waals surface area contributed by atoms with E-state index in [2.05, 4.69) is 236 Å². The van der Waals surface area contributed by atoms with E-state index in [9.17, 15) is 0 Å². The molecule has 2 aliphatic carbocycles. The highest BCUT2D eigenvalue weighted by Crippen LogP contribution is 2.50. The lowest BCUT2D eigenvalue weighted by atomic mass is 9.88. The minimum absolute atomic E-state index is 0.314. The van der Waals surface area contributed by atoms with Crippen LogP contribution >= 0.6 is 11.3 Å². The Labute approximate surface area is 390 Å². The molecule has 3 heteroatoms. The molecule has 0 spiro atoms. The van der Waals surface area contributed by atoms with Crippen molar-refractivity contribution in [1.29, 1.82) is 0 Å². The quantitative estimate of drug-likeness (QED) is 0.155. The second kappa shape index (κ2) is 15.5. The summed E-state index contributed by atoms with van der Waals surface area (Å²) in [6.45, 7) is 4.67. The number of rotatable bonds is 7.